The standard InChI is InChI=1S/C11H11F3N2O/c12-11(13,14)10(17)16-5-1-2-7-6-8(15)3-4-9(7)16/h3-4,6H,1-2,5,15H2. The number of benzene rings is 1. The largest absolute Gasteiger partial charge is 0.471 e. The van der Waals surface area contributed by atoms with Gasteiger partial charge in [0.15, 0.2) is 0 Å². The molecule has 0 saturated carbocycles. The first-order chi connectivity index (χ1) is 7.89. The fraction of sp³-hybridized carbons (Fsp3) is 0.364. The first-order valence-electron chi connectivity index (χ1n) is 5.16. The highest BCUT2D eigenvalue weighted by Gasteiger charge is 2.43. The van der Waals surface area contributed by atoms with E-state index in [2.05, 4.69) is 0 Å². The number of carbonyl (C=O) groups excluding carboxylic acids is 1. The minimum Gasteiger partial charge on any atom is -0.399 e. The molecule has 1 heterocycles. The smallest absolute Gasteiger partial charge is 0.399 e. The number of hydrogen-bond donors (Lipinski definition) is 1. The van der Waals surface area contributed by atoms with Crippen molar-refractivity contribution in [1.29, 1.82) is 0 Å². The van der Waals surface area contributed by atoms with Crippen LogP contribution in [-0.2, 0) is 11.2 Å². The van der Waals surface area contributed by atoms with Gasteiger partial charge in [-0.2, -0.15) is 13.2 Å². The zero-order chi connectivity index (χ0) is 12.6. The van der Waals surface area contributed by atoms with Crippen LogP contribution in [-0.4, -0.2) is 18.6 Å². The molecule has 0 aliphatic carbocycles. The van der Waals surface area contributed by atoms with Crippen LogP contribution in [0.5, 0.6) is 0 Å². The Bertz CT molecular complexity index is 457. The van der Waals surface area contributed by atoms with E-state index in [1.54, 1.807) is 6.07 Å². The zero-order valence-electron chi connectivity index (χ0n) is 8.92. The Balaban J connectivity index is 2.39. The summed E-state index contributed by atoms with van der Waals surface area (Å²) in [7, 11) is 0. The first-order valence-corrected chi connectivity index (χ1v) is 5.16. The van der Waals surface area contributed by atoms with Crippen molar-refractivity contribution < 1.29 is 18.0 Å². The van der Waals surface area contributed by atoms with Gasteiger partial charge in [0.2, 0.25) is 0 Å². The van der Waals surface area contributed by atoms with E-state index < -0.39 is 12.1 Å². The summed E-state index contributed by atoms with van der Waals surface area (Å²) in [5, 5.41) is 0. The molecule has 0 aromatic heterocycles. The van der Waals surface area contributed by atoms with Gasteiger partial charge in [-0.25, -0.2) is 0 Å². The van der Waals surface area contributed by atoms with E-state index in [0.717, 1.165) is 4.90 Å². The summed E-state index contributed by atoms with van der Waals surface area (Å²) in [6.45, 7) is 0.0925. The maximum Gasteiger partial charge on any atom is 0.471 e. The van der Waals surface area contributed by atoms with Crippen molar-refractivity contribution in [2.24, 2.45) is 0 Å². The minimum absolute atomic E-state index is 0.0925. The highest BCUT2D eigenvalue weighted by Crippen LogP contribution is 2.32. The molecule has 1 aromatic carbocycles. The molecule has 0 radical (unpaired) electrons. The Morgan fingerprint density at radius 2 is 2.06 bits per heavy atom. The van der Waals surface area contributed by atoms with Crippen LogP contribution < -0.4 is 10.6 Å². The Morgan fingerprint density at radius 1 is 1.35 bits per heavy atom. The maximum atomic E-state index is 12.4. The van der Waals surface area contributed by atoms with Crippen LogP contribution >= 0.6 is 0 Å². The molecule has 92 valence electrons. The second kappa shape index (κ2) is 3.94. The molecule has 3 nitrogen and oxygen atoms in total. The number of nitrogens with zero attached hydrogens (tertiary/aromatic N) is 1. The Hall–Kier alpha value is -1.72. The van der Waals surface area contributed by atoms with E-state index in [4.69, 9.17) is 5.73 Å². The Labute approximate surface area is 96.0 Å². The molecule has 0 bridgehead atoms. The van der Waals surface area contributed by atoms with Gasteiger partial charge in [-0.15, -0.1) is 0 Å². The molecule has 17 heavy (non-hydrogen) atoms. The van der Waals surface area contributed by atoms with Crippen molar-refractivity contribution in [2.75, 3.05) is 17.2 Å². The van der Waals surface area contributed by atoms with E-state index in [-0.39, 0.29) is 6.54 Å². The van der Waals surface area contributed by atoms with Crippen molar-refractivity contribution >= 4 is 17.3 Å². The van der Waals surface area contributed by atoms with Crippen LogP contribution in [0.4, 0.5) is 24.5 Å². The van der Waals surface area contributed by atoms with Crippen LogP contribution in [0.25, 0.3) is 0 Å². The van der Waals surface area contributed by atoms with Gasteiger partial charge in [0.25, 0.3) is 0 Å². The van der Waals surface area contributed by atoms with Gasteiger partial charge in [0, 0.05) is 17.9 Å². The van der Waals surface area contributed by atoms with E-state index in [0.29, 0.717) is 29.8 Å². The molecule has 2 N–H and O–H groups in total. The number of nitrogens with two attached hydrogens (primary N) is 1. The van der Waals surface area contributed by atoms with Crippen molar-refractivity contribution in [3.05, 3.63) is 23.8 Å². The molecule has 0 spiro atoms. The molecule has 0 atom stereocenters. The van der Waals surface area contributed by atoms with E-state index in [1.807, 2.05) is 0 Å². The summed E-state index contributed by atoms with van der Waals surface area (Å²) in [5.41, 5.74) is 7.06. The lowest BCUT2D eigenvalue weighted by Crippen LogP contribution is -2.43. The van der Waals surface area contributed by atoms with Crippen molar-refractivity contribution in [2.45, 2.75) is 19.0 Å². The fourth-order valence-corrected chi connectivity index (χ4v) is 1.98. The molecule has 0 unspecified atom stereocenters. The van der Waals surface area contributed by atoms with Gasteiger partial charge in [-0.1, -0.05) is 0 Å². The third-order valence-corrected chi connectivity index (χ3v) is 2.71. The predicted octanol–water partition coefficient (Wildman–Crippen LogP) is 2.11. The molecule has 0 saturated heterocycles. The second-order valence-corrected chi connectivity index (χ2v) is 3.95. The highest BCUT2D eigenvalue weighted by atomic mass is 19.4. The number of alkyl halides is 3. The summed E-state index contributed by atoms with van der Waals surface area (Å²) in [5.74, 6) is -1.82. The second-order valence-electron chi connectivity index (χ2n) is 3.95. The number of hydrogen-bond acceptors (Lipinski definition) is 2. The lowest BCUT2D eigenvalue weighted by atomic mass is 10.0. The van der Waals surface area contributed by atoms with E-state index >= 15 is 0 Å². The van der Waals surface area contributed by atoms with Gasteiger partial charge in [0.05, 0.1) is 0 Å². The quantitative estimate of drug-likeness (QED) is 0.710. The lowest BCUT2D eigenvalue weighted by Gasteiger charge is -2.30. The summed E-state index contributed by atoms with van der Waals surface area (Å²) < 4.78 is 37.2. The molecule has 1 aromatic rings. The summed E-state index contributed by atoms with van der Waals surface area (Å²) in [6, 6.07) is 4.58. The minimum atomic E-state index is -4.84. The topological polar surface area (TPSA) is 46.3 Å². The van der Waals surface area contributed by atoms with Gasteiger partial charge >= 0.3 is 12.1 Å². The number of anilines is 2. The van der Waals surface area contributed by atoms with Gasteiger partial charge in [0.1, 0.15) is 0 Å². The Morgan fingerprint density at radius 3 is 2.71 bits per heavy atom. The summed E-state index contributed by atoms with van der Waals surface area (Å²) in [6.07, 6.45) is -3.68. The maximum absolute atomic E-state index is 12.4. The number of amides is 1. The number of halogens is 3. The number of nitrogen functional groups attached to an aromatic ring is 1. The third kappa shape index (κ3) is 2.20. The lowest BCUT2D eigenvalue weighted by molar-refractivity contribution is -0.170. The van der Waals surface area contributed by atoms with Crippen LogP contribution in [0.3, 0.4) is 0 Å². The molecule has 1 amide bonds. The molecule has 6 heteroatoms. The Kier molecular flexibility index (Phi) is 2.73. The van der Waals surface area contributed by atoms with Gasteiger partial charge in [-0.05, 0) is 36.6 Å². The average molecular weight is 244 g/mol. The van der Waals surface area contributed by atoms with Gasteiger partial charge < -0.3 is 10.6 Å². The highest BCUT2D eigenvalue weighted by molar-refractivity contribution is 5.98. The van der Waals surface area contributed by atoms with Crippen molar-refractivity contribution in [3.8, 4) is 0 Å². The van der Waals surface area contributed by atoms with E-state index in [1.165, 1.54) is 12.1 Å². The monoisotopic (exact) mass is 244 g/mol. The molecule has 1 aliphatic rings. The van der Waals surface area contributed by atoms with Crippen LogP contribution in [0.1, 0.15) is 12.0 Å². The molecule has 1 aliphatic heterocycles. The van der Waals surface area contributed by atoms with Crippen LogP contribution in [0.2, 0.25) is 0 Å². The molecular formula is C11H11F3N2O. The SMILES string of the molecule is Nc1ccc2c(c1)CCCN2C(=O)C(F)(F)F. The summed E-state index contributed by atoms with van der Waals surface area (Å²) in [4.78, 5) is 12.0. The summed E-state index contributed by atoms with van der Waals surface area (Å²) >= 11 is 0. The number of rotatable bonds is 0. The number of aryl methyl sites for hydroxylation is 1. The zero-order valence-corrected chi connectivity index (χ0v) is 8.92. The predicted molar refractivity (Wildman–Crippen MR) is 57.6 cm³/mol. The normalized spacial score (nSPS) is 15.6. The van der Waals surface area contributed by atoms with Crippen LogP contribution in [0, 0.1) is 0 Å². The molecule has 0 fully saturated rings. The number of carbonyl (C=O) groups is 1. The molecular weight excluding hydrogens is 233 g/mol. The van der Waals surface area contributed by atoms with Gasteiger partial charge in [-0.3, -0.25) is 4.79 Å². The van der Waals surface area contributed by atoms with Crippen molar-refractivity contribution in [3.63, 3.8) is 0 Å². The van der Waals surface area contributed by atoms with Crippen molar-refractivity contribution in [1.82, 2.24) is 0 Å². The third-order valence-electron chi connectivity index (χ3n) is 2.71. The van der Waals surface area contributed by atoms with Crippen LogP contribution in [0.15, 0.2) is 18.2 Å². The fourth-order valence-electron chi connectivity index (χ4n) is 1.98. The average Bonchev–Trinajstić information content (AvgIpc) is 2.25. The number of fused-ring (bicyclic) bond motifs is 1. The van der Waals surface area contributed by atoms with E-state index in [9.17, 15) is 18.0 Å². The first kappa shape index (κ1) is 11.8. The molecule has 2 rings (SSSR count).